The fraction of sp³-hybridized carbons (Fsp3) is 0.333. The van der Waals surface area contributed by atoms with Gasteiger partial charge < -0.3 is 10.6 Å². The highest BCUT2D eigenvalue weighted by Gasteiger charge is 2.22. The second kappa shape index (κ2) is 7.08. The maximum absolute atomic E-state index is 11.4. The first-order chi connectivity index (χ1) is 10.2. The Bertz CT molecular complexity index is 599. The molecule has 0 aliphatic heterocycles. The highest BCUT2D eigenvalue weighted by molar-refractivity contribution is 7.10. The van der Waals surface area contributed by atoms with E-state index < -0.39 is 0 Å². The lowest BCUT2D eigenvalue weighted by Crippen LogP contribution is -2.11. The SMILES string of the molecule is CCCC(Nc1cccc(NC)c1[N+](=O)[O-])c1cccs1. The van der Waals surface area contributed by atoms with E-state index in [1.165, 1.54) is 4.88 Å². The molecule has 0 spiro atoms. The molecular formula is C15H19N3O2S. The normalized spacial score (nSPS) is 11.9. The van der Waals surface area contributed by atoms with E-state index in [4.69, 9.17) is 0 Å². The number of rotatable bonds is 7. The Kier molecular flexibility index (Phi) is 5.16. The van der Waals surface area contributed by atoms with E-state index in [0.29, 0.717) is 11.4 Å². The van der Waals surface area contributed by atoms with Crippen LogP contribution in [0.4, 0.5) is 17.1 Å². The van der Waals surface area contributed by atoms with E-state index in [-0.39, 0.29) is 16.7 Å². The summed E-state index contributed by atoms with van der Waals surface area (Å²) in [6.45, 7) is 2.11. The number of hydrogen-bond donors (Lipinski definition) is 2. The second-order valence-corrected chi connectivity index (χ2v) is 5.69. The van der Waals surface area contributed by atoms with Crippen molar-refractivity contribution >= 4 is 28.4 Å². The van der Waals surface area contributed by atoms with Crippen LogP contribution in [0.1, 0.15) is 30.7 Å². The Labute approximate surface area is 128 Å². The van der Waals surface area contributed by atoms with Gasteiger partial charge in [0.15, 0.2) is 0 Å². The number of nitrogens with zero attached hydrogens (tertiary/aromatic N) is 1. The lowest BCUT2D eigenvalue weighted by atomic mass is 10.1. The number of para-hydroxylation sites is 1. The lowest BCUT2D eigenvalue weighted by molar-refractivity contribution is -0.383. The number of nitro benzene ring substituents is 1. The molecule has 1 atom stereocenters. The second-order valence-electron chi connectivity index (χ2n) is 4.71. The molecule has 0 amide bonds. The van der Waals surface area contributed by atoms with Crippen molar-refractivity contribution in [2.45, 2.75) is 25.8 Å². The fourth-order valence-electron chi connectivity index (χ4n) is 2.31. The van der Waals surface area contributed by atoms with Gasteiger partial charge in [-0.15, -0.1) is 11.3 Å². The summed E-state index contributed by atoms with van der Waals surface area (Å²) in [4.78, 5) is 12.2. The number of nitro groups is 1. The summed E-state index contributed by atoms with van der Waals surface area (Å²) in [5, 5.41) is 19.6. The average Bonchev–Trinajstić information content (AvgIpc) is 3.00. The third-order valence-corrected chi connectivity index (χ3v) is 4.27. The number of hydrogen-bond acceptors (Lipinski definition) is 5. The summed E-state index contributed by atoms with van der Waals surface area (Å²) in [5.41, 5.74) is 1.17. The molecule has 2 N–H and O–H groups in total. The van der Waals surface area contributed by atoms with Gasteiger partial charge in [-0.2, -0.15) is 0 Å². The molecule has 21 heavy (non-hydrogen) atoms. The Balaban J connectivity index is 2.34. The zero-order valence-corrected chi connectivity index (χ0v) is 12.9. The van der Waals surface area contributed by atoms with E-state index >= 15 is 0 Å². The number of anilines is 2. The number of thiophene rings is 1. The summed E-state index contributed by atoms with van der Waals surface area (Å²) in [7, 11) is 1.69. The van der Waals surface area contributed by atoms with Crippen LogP contribution in [0.25, 0.3) is 0 Å². The van der Waals surface area contributed by atoms with Crippen LogP contribution in [0, 0.1) is 10.1 Å². The summed E-state index contributed by atoms with van der Waals surface area (Å²) in [6.07, 6.45) is 1.94. The van der Waals surface area contributed by atoms with Gasteiger partial charge in [-0.3, -0.25) is 10.1 Å². The summed E-state index contributed by atoms with van der Waals surface area (Å²) in [6, 6.07) is 9.45. The van der Waals surface area contributed by atoms with E-state index in [9.17, 15) is 10.1 Å². The quantitative estimate of drug-likeness (QED) is 0.577. The summed E-state index contributed by atoms with van der Waals surface area (Å²) >= 11 is 1.67. The van der Waals surface area contributed by atoms with Crippen molar-refractivity contribution in [3.05, 3.63) is 50.7 Å². The van der Waals surface area contributed by atoms with E-state index in [0.717, 1.165) is 12.8 Å². The van der Waals surface area contributed by atoms with Crippen molar-refractivity contribution in [1.29, 1.82) is 0 Å². The van der Waals surface area contributed by atoms with Crippen LogP contribution in [0.15, 0.2) is 35.7 Å². The smallest absolute Gasteiger partial charge is 0.315 e. The van der Waals surface area contributed by atoms with Crippen LogP contribution in [-0.2, 0) is 0 Å². The molecule has 0 fully saturated rings. The van der Waals surface area contributed by atoms with Crippen molar-refractivity contribution in [2.75, 3.05) is 17.7 Å². The Hall–Kier alpha value is -2.08. The molecule has 1 aromatic heterocycles. The van der Waals surface area contributed by atoms with Crippen molar-refractivity contribution in [1.82, 2.24) is 0 Å². The fourth-order valence-corrected chi connectivity index (χ4v) is 3.12. The molecule has 2 aromatic rings. The van der Waals surface area contributed by atoms with Crippen molar-refractivity contribution in [3.8, 4) is 0 Å². The predicted octanol–water partition coefficient (Wildman–Crippen LogP) is 4.65. The van der Waals surface area contributed by atoms with Gasteiger partial charge in [-0.1, -0.05) is 25.5 Å². The minimum absolute atomic E-state index is 0.0951. The minimum atomic E-state index is -0.342. The molecule has 0 saturated heterocycles. The topological polar surface area (TPSA) is 67.2 Å². The maximum atomic E-state index is 11.4. The lowest BCUT2D eigenvalue weighted by Gasteiger charge is -2.18. The van der Waals surface area contributed by atoms with Gasteiger partial charge in [-0.05, 0) is 30.0 Å². The van der Waals surface area contributed by atoms with Crippen molar-refractivity contribution in [3.63, 3.8) is 0 Å². The highest BCUT2D eigenvalue weighted by atomic mass is 32.1. The van der Waals surface area contributed by atoms with E-state index in [2.05, 4.69) is 23.6 Å². The number of nitrogens with one attached hydrogen (secondary N) is 2. The van der Waals surface area contributed by atoms with Crippen LogP contribution in [0.3, 0.4) is 0 Å². The molecule has 0 radical (unpaired) electrons. The molecule has 0 saturated carbocycles. The first-order valence-electron chi connectivity index (χ1n) is 6.92. The molecule has 5 nitrogen and oxygen atoms in total. The van der Waals surface area contributed by atoms with Gasteiger partial charge in [0.05, 0.1) is 11.0 Å². The highest BCUT2D eigenvalue weighted by Crippen LogP contribution is 2.36. The van der Waals surface area contributed by atoms with Crippen LogP contribution in [0.2, 0.25) is 0 Å². The first kappa shape index (κ1) is 15.3. The van der Waals surface area contributed by atoms with Crippen molar-refractivity contribution < 1.29 is 4.92 Å². The Morgan fingerprint density at radius 1 is 1.29 bits per heavy atom. The molecule has 0 aliphatic rings. The van der Waals surface area contributed by atoms with Crippen LogP contribution in [0.5, 0.6) is 0 Å². The summed E-state index contributed by atoms with van der Waals surface area (Å²) < 4.78 is 0. The first-order valence-corrected chi connectivity index (χ1v) is 7.80. The third kappa shape index (κ3) is 3.52. The zero-order valence-electron chi connectivity index (χ0n) is 12.1. The molecule has 1 aromatic carbocycles. The van der Waals surface area contributed by atoms with Gasteiger partial charge >= 0.3 is 5.69 Å². The average molecular weight is 305 g/mol. The monoisotopic (exact) mass is 305 g/mol. The van der Waals surface area contributed by atoms with Crippen LogP contribution >= 0.6 is 11.3 Å². The molecule has 1 unspecified atom stereocenters. The Morgan fingerprint density at radius 3 is 2.62 bits per heavy atom. The van der Waals surface area contributed by atoms with Crippen molar-refractivity contribution in [2.24, 2.45) is 0 Å². The van der Waals surface area contributed by atoms with Crippen LogP contribution in [-0.4, -0.2) is 12.0 Å². The maximum Gasteiger partial charge on any atom is 0.315 e. The van der Waals surface area contributed by atoms with Gasteiger partial charge in [0, 0.05) is 11.9 Å². The van der Waals surface area contributed by atoms with Gasteiger partial charge in [0.1, 0.15) is 11.4 Å². The molecule has 0 bridgehead atoms. The minimum Gasteiger partial charge on any atom is -0.382 e. The molecule has 112 valence electrons. The van der Waals surface area contributed by atoms with E-state index in [1.807, 2.05) is 17.5 Å². The van der Waals surface area contributed by atoms with Gasteiger partial charge in [-0.25, -0.2) is 0 Å². The molecule has 6 heteroatoms. The molecule has 0 aliphatic carbocycles. The van der Waals surface area contributed by atoms with Crippen LogP contribution < -0.4 is 10.6 Å². The van der Waals surface area contributed by atoms with Gasteiger partial charge in [0.2, 0.25) is 0 Å². The number of benzene rings is 1. The standard InChI is InChI=1S/C15H19N3O2S/c1-3-6-11(14-9-5-10-21-14)17-13-8-4-7-12(16-2)15(13)18(19)20/h4-5,7-11,16-17H,3,6H2,1-2H3. The van der Waals surface area contributed by atoms with E-state index in [1.54, 1.807) is 30.5 Å². The largest absolute Gasteiger partial charge is 0.382 e. The third-order valence-electron chi connectivity index (χ3n) is 3.28. The molecule has 1 heterocycles. The predicted molar refractivity (Wildman–Crippen MR) is 88.2 cm³/mol. The van der Waals surface area contributed by atoms with Gasteiger partial charge in [0.25, 0.3) is 0 Å². The summed E-state index contributed by atoms with van der Waals surface area (Å²) in [5.74, 6) is 0. The Morgan fingerprint density at radius 2 is 2.05 bits per heavy atom. The molecule has 2 rings (SSSR count). The molecular weight excluding hydrogens is 286 g/mol. The zero-order chi connectivity index (χ0) is 15.2.